The third kappa shape index (κ3) is 5.56. The van der Waals surface area contributed by atoms with E-state index in [2.05, 4.69) is 5.16 Å². The highest BCUT2D eigenvalue weighted by molar-refractivity contribution is 5.86. The van der Waals surface area contributed by atoms with Crippen LogP contribution in [0.3, 0.4) is 0 Å². The van der Waals surface area contributed by atoms with Crippen LogP contribution in [-0.4, -0.2) is 52.4 Å². The van der Waals surface area contributed by atoms with Gasteiger partial charge in [-0.2, -0.15) is 0 Å². The maximum absolute atomic E-state index is 10.5. The maximum atomic E-state index is 10.5. The van der Waals surface area contributed by atoms with E-state index in [1.807, 2.05) is 36.4 Å². The summed E-state index contributed by atoms with van der Waals surface area (Å²) in [7, 11) is 0. The number of carboxylic acids is 1. The number of carbonyl (C=O) groups is 1. The fourth-order valence-electron chi connectivity index (χ4n) is 4.06. The van der Waals surface area contributed by atoms with Crippen molar-refractivity contribution >= 4 is 11.7 Å². The molecule has 7 heteroatoms. The number of hydrogen-bond acceptors (Lipinski definition) is 6. The average molecular weight is 389 g/mol. The number of aliphatic hydroxyl groups excluding tert-OH is 2. The summed E-state index contributed by atoms with van der Waals surface area (Å²) in [5.74, 6) is 0.352. The van der Waals surface area contributed by atoms with Crippen molar-refractivity contribution in [3.8, 4) is 5.75 Å². The topological polar surface area (TPSA) is 109 Å². The van der Waals surface area contributed by atoms with Crippen LogP contribution in [0.15, 0.2) is 47.6 Å². The summed E-state index contributed by atoms with van der Waals surface area (Å²) in [5.41, 5.74) is 0.915. The Morgan fingerprint density at radius 1 is 1.29 bits per heavy atom. The predicted octanol–water partition coefficient (Wildman–Crippen LogP) is 2.24. The van der Waals surface area contributed by atoms with Crippen molar-refractivity contribution in [3.63, 3.8) is 0 Å². The largest absolute Gasteiger partial charge is 0.491 e. The van der Waals surface area contributed by atoms with E-state index in [0.717, 1.165) is 18.6 Å². The summed E-state index contributed by atoms with van der Waals surface area (Å²) in [6, 6.07) is 9.31. The number of nitrogens with zero attached hydrogens (tertiary/aromatic N) is 1. The van der Waals surface area contributed by atoms with E-state index in [1.54, 1.807) is 6.08 Å². The second-order valence-electron chi connectivity index (χ2n) is 7.42. The lowest BCUT2D eigenvalue weighted by Gasteiger charge is -2.17. The minimum Gasteiger partial charge on any atom is -0.491 e. The molecule has 3 rings (SSSR count). The lowest BCUT2D eigenvalue weighted by atomic mass is 9.90. The Labute approximate surface area is 164 Å². The van der Waals surface area contributed by atoms with Crippen molar-refractivity contribution in [2.75, 3.05) is 13.2 Å². The van der Waals surface area contributed by atoms with E-state index >= 15 is 0 Å². The highest BCUT2D eigenvalue weighted by atomic mass is 16.6. The predicted molar refractivity (Wildman–Crippen MR) is 103 cm³/mol. The summed E-state index contributed by atoms with van der Waals surface area (Å²) in [6.07, 6.45) is 4.52. The SMILES string of the molecule is O=C(O)CCON=C1C[C@H]2C[C@@H](O)[C@H](C=CC(O)COc3ccccc3)[C@@H]2C1. The molecule has 0 saturated heterocycles. The van der Waals surface area contributed by atoms with Gasteiger partial charge in [0.05, 0.1) is 18.2 Å². The van der Waals surface area contributed by atoms with Crippen molar-refractivity contribution in [2.45, 2.75) is 37.9 Å². The molecule has 2 aliphatic rings. The van der Waals surface area contributed by atoms with E-state index < -0.39 is 18.2 Å². The zero-order valence-corrected chi connectivity index (χ0v) is 15.7. The van der Waals surface area contributed by atoms with Gasteiger partial charge < -0.3 is 24.9 Å². The Bertz CT molecular complexity index is 704. The van der Waals surface area contributed by atoms with Crippen LogP contribution in [0.5, 0.6) is 5.75 Å². The molecule has 28 heavy (non-hydrogen) atoms. The van der Waals surface area contributed by atoms with Crippen LogP contribution in [0.1, 0.15) is 25.7 Å². The van der Waals surface area contributed by atoms with Crippen molar-refractivity contribution < 1.29 is 29.7 Å². The number of benzene rings is 1. The van der Waals surface area contributed by atoms with Gasteiger partial charge in [-0.15, -0.1) is 0 Å². The fourth-order valence-corrected chi connectivity index (χ4v) is 4.06. The van der Waals surface area contributed by atoms with Crippen LogP contribution in [0.4, 0.5) is 0 Å². The van der Waals surface area contributed by atoms with E-state index in [0.29, 0.717) is 18.1 Å². The van der Waals surface area contributed by atoms with Gasteiger partial charge >= 0.3 is 5.97 Å². The highest BCUT2D eigenvalue weighted by Gasteiger charge is 2.46. The van der Waals surface area contributed by atoms with E-state index in [1.165, 1.54) is 0 Å². The van der Waals surface area contributed by atoms with Crippen LogP contribution in [0.2, 0.25) is 0 Å². The average Bonchev–Trinajstić information content (AvgIpc) is 3.19. The van der Waals surface area contributed by atoms with Crippen molar-refractivity contribution in [3.05, 3.63) is 42.5 Å². The van der Waals surface area contributed by atoms with Gasteiger partial charge in [0.15, 0.2) is 0 Å². The summed E-state index contributed by atoms with van der Waals surface area (Å²) in [5, 5.41) is 33.2. The smallest absolute Gasteiger partial charge is 0.306 e. The van der Waals surface area contributed by atoms with Crippen LogP contribution < -0.4 is 4.74 Å². The summed E-state index contributed by atoms with van der Waals surface area (Å²) >= 11 is 0. The number of fused-ring (bicyclic) bond motifs is 1. The summed E-state index contributed by atoms with van der Waals surface area (Å²) in [4.78, 5) is 15.6. The normalized spacial score (nSPS) is 29.1. The molecule has 1 unspecified atom stereocenters. The molecule has 0 aliphatic heterocycles. The van der Waals surface area contributed by atoms with Gasteiger partial charge in [0, 0.05) is 5.92 Å². The number of oxime groups is 1. The lowest BCUT2D eigenvalue weighted by Crippen LogP contribution is -2.20. The molecule has 2 saturated carbocycles. The van der Waals surface area contributed by atoms with Crippen LogP contribution in [0.25, 0.3) is 0 Å². The van der Waals surface area contributed by atoms with Crippen LogP contribution in [0, 0.1) is 17.8 Å². The standard InChI is InChI=1S/C21H27NO6/c23-16(13-27-17-4-2-1-3-5-17)6-7-18-19-12-15(10-14(19)11-20(18)24)22-28-9-8-21(25)26/h1-7,14,16,18-20,23-24H,8-13H2,(H,25,26)/t14-,16?,18+,19+,20+/m0/s1. The number of hydrogen-bond donors (Lipinski definition) is 3. The van der Waals surface area contributed by atoms with Gasteiger partial charge in [0.1, 0.15) is 25.1 Å². The number of ether oxygens (including phenoxy) is 1. The van der Waals surface area contributed by atoms with Gasteiger partial charge in [0.2, 0.25) is 0 Å². The number of para-hydroxylation sites is 1. The van der Waals surface area contributed by atoms with Gasteiger partial charge in [-0.1, -0.05) is 35.5 Å². The number of rotatable bonds is 9. The molecule has 2 aliphatic carbocycles. The Balaban J connectivity index is 1.49. The molecule has 0 bridgehead atoms. The highest BCUT2D eigenvalue weighted by Crippen LogP contribution is 2.47. The Morgan fingerprint density at radius 3 is 2.82 bits per heavy atom. The zero-order valence-electron chi connectivity index (χ0n) is 15.7. The summed E-state index contributed by atoms with van der Waals surface area (Å²) < 4.78 is 5.54. The molecule has 1 aromatic rings. The van der Waals surface area contributed by atoms with E-state index in [9.17, 15) is 15.0 Å². The first-order valence-electron chi connectivity index (χ1n) is 9.64. The molecule has 7 nitrogen and oxygen atoms in total. The van der Waals surface area contributed by atoms with Crippen molar-refractivity contribution in [2.24, 2.45) is 22.9 Å². The number of aliphatic carboxylic acids is 1. The first kappa shape index (κ1) is 20.4. The number of carboxylic acid groups (broad SMARTS) is 1. The Morgan fingerprint density at radius 2 is 2.07 bits per heavy atom. The third-order valence-corrected chi connectivity index (χ3v) is 5.38. The van der Waals surface area contributed by atoms with Crippen molar-refractivity contribution in [1.82, 2.24) is 0 Å². The first-order valence-corrected chi connectivity index (χ1v) is 9.64. The van der Waals surface area contributed by atoms with E-state index in [-0.39, 0.29) is 31.5 Å². The molecule has 0 heterocycles. The second kappa shape index (κ2) is 9.71. The quantitative estimate of drug-likeness (QED) is 0.340. The molecule has 1 aromatic carbocycles. The first-order chi connectivity index (χ1) is 13.5. The molecule has 3 N–H and O–H groups in total. The molecular weight excluding hydrogens is 362 g/mol. The molecular formula is C21H27NO6. The molecule has 152 valence electrons. The van der Waals surface area contributed by atoms with Crippen LogP contribution in [-0.2, 0) is 9.63 Å². The van der Waals surface area contributed by atoms with Gasteiger partial charge in [0.25, 0.3) is 0 Å². The third-order valence-electron chi connectivity index (χ3n) is 5.38. The van der Waals surface area contributed by atoms with Crippen LogP contribution >= 0.6 is 0 Å². The van der Waals surface area contributed by atoms with Crippen molar-refractivity contribution in [1.29, 1.82) is 0 Å². The minimum absolute atomic E-state index is 0.0388. The number of aliphatic hydroxyl groups is 2. The molecule has 2 fully saturated rings. The maximum Gasteiger partial charge on any atom is 0.306 e. The molecule has 0 aromatic heterocycles. The lowest BCUT2D eigenvalue weighted by molar-refractivity contribution is -0.138. The molecule has 0 radical (unpaired) electrons. The van der Waals surface area contributed by atoms with Gasteiger partial charge in [-0.25, -0.2) is 0 Å². The minimum atomic E-state index is -0.911. The fraction of sp³-hybridized carbons (Fsp3) is 0.524. The summed E-state index contributed by atoms with van der Waals surface area (Å²) in [6.45, 7) is 0.218. The molecule has 0 spiro atoms. The monoisotopic (exact) mass is 389 g/mol. The molecule has 5 atom stereocenters. The zero-order chi connectivity index (χ0) is 19.9. The second-order valence-corrected chi connectivity index (χ2v) is 7.42. The van der Waals surface area contributed by atoms with Gasteiger partial charge in [-0.3, -0.25) is 4.79 Å². The van der Waals surface area contributed by atoms with Gasteiger partial charge in [-0.05, 0) is 43.2 Å². The Kier molecular flexibility index (Phi) is 7.06. The molecule has 0 amide bonds. The Hall–Kier alpha value is -2.38. The van der Waals surface area contributed by atoms with E-state index in [4.69, 9.17) is 14.7 Å².